The van der Waals surface area contributed by atoms with Crippen molar-refractivity contribution < 1.29 is 0 Å². The summed E-state index contributed by atoms with van der Waals surface area (Å²) in [6, 6.07) is 14.4. The van der Waals surface area contributed by atoms with Crippen LogP contribution in [0.3, 0.4) is 0 Å². The fourth-order valence-corrected chi connectivity index (χ4v) is 2.22. The highest BCUT2D eigenvalue weighted by Crippen LogP contribution is 2.23. The van der Waals surface area contributed by atoms with Gasteiger partial charge in [-0.2, -0.15) is 0 Å². The molecule has 0 unspecified atom stereocenters. The molecule has 0 fully saturated rings. The molecule has 1 heterocycles. The van der Waals surface area contributed by atoms with Crippen molar-refractivity contribution in [2.24, 2.45) is 0 Å². The molecule has 2 heteroatoms. The van der Waals surface area contributed by atoms with E-state index in [1.54, 1.807) is 0 Å². The normalized spacial score (nSPS) is 11.1. The van der Waals surface area contributed by atoms with Crippen LogP contribution < -0.4 is 5.73 Å². The van der Waals surface area contributed by atoms with Crippen LogP contribution in [0.5, 0.6) is 0 Å². The number of nitrogens with two attached hydrogens (primary N) is 1. The summed E-state index contributed by atoms with van der Waals surface area (Å²) in [5, 5.41) is 2.33. The van der Waals surface area contributed by atoms with E-state index in [1.165, 1.54) is 10.9 Å². The van der Waals surface area contributed by atoms with Gasteiger partial charge in [-0.3, -0.25) is 0 Å². The average Bonchev–Trinajstić information content (AvgIpc) is 2.35. The molecule has 2 N–H and O–H groups in total. The summed E-state index contributed by atoms with van der Waals surface area (Å²) in [6.45, 7) is 2.15. The van der Waals surface area contributed by atoms with Gasteiger partial charge in [0.15, 0.2) is 0 Å². The standard InChI is InChI=1S/C15H14N2/c1-2-10-4-3-5-12-8-11-6-7-13(16)9-14(11)17-15(10)12/h3-9H,2,16H2,1H3. The van der Waals surface area contributed by atoms with Gasteiger partial charge < -0.3 is 5.73 Å². The molecule has 0 aliphatic carbocycles. The van der Waals surface area contributed by atoms with Crippen molar-refractivity contribution >= 4 is 27.5 Å². The predicted octanol–water partition coefficient (Wildman–Crippen LogP) is 3.53. The van der Waals surface area contributed by atoms with Crippen LogP contribution in [0.1, 0.15) is 12.5 Å². The van der Waals surface area contributed by atoms with Crippen LogP contribution in [0.2, 0.25) is 0 Å². The van der Waals surface area contributed by atoms with Crippen molar-refractivity contribution in [3.8, 4) is 0 Å². The SMILES string of the molecule is CCc1cccc2cc3ccc(N)cc3nc12. The number of pyridine rings is 1. The smallest absolute Gasteiger partial charge is 0.0741 e. The molecule has 2 aromatic carbocycles. The third-order valence-electron chi connectivity index (χ3n) is 3.13. The molecular weight excluding hydrogens is 208 g/mol. The largest absolute Gasteiger partial charge is 0.399 e. The zero-order chi connectivity index (χ0) is 11.8. The first-order valence-corrected chi connectivity index (χ1v) is 5.86. The maximum Gasteiger partial charge on any atom is 0.0741 e. The van der Waals surface area contributed by atoms with Gasteiger partial charge in [0, 0.05) is 16.5 Å². The first kappa shape index (κ1) is 10.1. The van der Waals surface area contributed by atoms with Gasteiger partial charge in [0.2, 0.25) is 0 Å². The fourth-order valence-electron chi connectivity index (χ4n) is 2.22. The van der Waals surface area contributed by atoms with Gasteiger partial charge in [-0.15, -0.1) is 0 Å². The molecule has 0 aliphatic heterocycles. The van der Waals surface area contributed by atoms with E-state index in [9.17, 15) is 0 Å². The Balaban J connectivity index is 2.44. The van der Waals surface area contributed by atoms with Gasteiger partial charge in [-0.25, -0.2) is 4.98 Å². The van der Waals surface area contributed by atoms with Crippen LogP contribution in [0.15, 0.2) is 42.5 Å². The van der Waals surface area contributed by atoms with Crippen LogP contribution in [-0.4, -0.2) is 4.98 Å². The zero-order valence-electron chi connectivity index (χ0n) is 9.77. The summed E-state index contributed by atoms with van der Waals surface area (Å²) in [7, 11) is 0. The summed E-state index contributed by atoms with van der Waals surface area (Å²) < 4.78 is 0. The predicted molar refractivity (Wildman–Crippen MR) is 73.0 cm³/mol. The van der Waals surface area contributed by atoms with Crippen LogP contribution in [-0.2, 0) is 6.42 Å². The van der Waals surface area contributed by atoms with E-state index < -0.39 is 0 Å². The monoisotopic (exact) mass is 222 g/mol. The van der Waals surface area contributed by atoms with Crippen LogP contribution in [0.25, 0.3) is 21.8 Å². The van der Waals surface area contributed by atoms with Crippen molar-refractivity contribution in [2.45, 2.75) is 13.3 Å². The van der Waals surface area contributed by atoms with Crippen molar-refractivity contribution in [2.75, 3.05) is 5.73 Å². The minimum absolute atomic E-state index is 0.762. The number of hydrogen-bond acceptors (Lipinski definition) is 2. The molecule has 84 valence electrons. The number of fused-ring (bicyclic) bond motifs is 2. The third-order valence-corrected chi connectivity index (χ3v) is 3.13. The molecule has 0 saturated carbocycles. The quantitative estimate of drug-likeness (QED) is 0.505. The van der Waals surface area contributed by atoms with Gasteiger partial charge in [0.25, 0.3) is 0 Å². The topological polar surface area (TPSA) is 38.9 Å². The van der Waals surface area contributed by atoms with E-state index in [0.717, 1.165) is 28.5 Å². The first-order valence-electron chi connectivity index (χ1n) is 5.86. The Labute approximate surface area is 100 Å². The second kappa shape index (κ2) is 3.74. The molecule has 2 nitrogen and oxygen atoms in total. The Kier molecular flexibility index (Phi) is 2.22. The molecule has 3 rings (SSSR count). The minimum atomic E-state index is 0.762. The Morgan fingerprint density at radius 1 is 1.06 bits per heavy atom. The van der Waals surface area contributed by atoms with Crippen molar-refractivity contribution in [1.82, 2.24) is 4.98 Å². The van der Waals surface area contributed by atoms with Gasteiger partial charge in [0.05, 0.1) is 11.0 Å². The van der Waals surface area contributed by atoms with Crippen molar-refractivity contribution in [3.63, 3.8) is 0 Å². The Bertz CT molecular complexity index is 702. The highest BCUT2D eigenvalue weighted by atomic mass is 14.7. The lowest BCUT2D eigenvalue weighted by atomic mass is 10.1. The molecule has 0 spiro atoms. The summed E-state index contributed by atoms with van der Waals surface area (Å²) in [4.78, 5) is 4.73. The average molecular weight is 222 g/mol. The van der Waals surface area contributed by atoms with E-state index in [2.05, 4.69) is 31.2 Å². The summed E-state index contributed by atoms with van der Waals surface area (Å²) >= 11 is 0. The summed E-state index contributed by atoms with van der Waals surface area (Å²) in [5.74, 6) is 0. The minimum Gasteiger partial charge on any atom is -0.399 e. The lowest BCUT2D eigenvalue weighted by Gasteiger charge is -2.06. The van der Waals surface area contributed by atoms with Crippen LogP contribution >= 0.6 is 0 Å². The number of rotatable bonds is 1. The van der Waals surface area contributed by atoms with Crippen molar-refractivity contribution in [3.05, 3.63) is 48.0 Å². The summed E-state index contributed by atoms with van der Waals surface area (Å²) in [5.41, 5.74) is 9.91. The highest BCUT2D eigenvalue weighted by Gasteiger charge is 2.03. The molecule has 0 saturated heterocycles. The summed E-state index contributed by atoms with van der Waals surface area (Å²) in [6.07, 6.45) is 0.998. The van der Waals surface area contributed by atoms with Gasteiger partial charge in [0.1, 0.15) is 0 Å². The molecule has 0 bridgehead atoms. The highest BCUT2D eigenvalue weighted by molar-refractivity contribution is 5.95. The Hall–Kier alpha value is -2.09. The molecule has 17 heavy (non-hydrogen) atoms. The number of benzene rings is 2. The lowest BCUT2D eigenvalue weighted by Crippen LogP contribution is -1.90. The molecule has 0 radical (unpaired) electrons. The number of aryl methyl sites for hydroxylation is 1. The molecular formula is C15H14N2. The number of aromatic nitrogens is 1. The van der Waals surface area contributed by atoms with Crippen LogP contribution in [0.4, 0.5) is 5.69 Å². The molecule has 1 aromatic heterocycles. The lowest BCUT2D eigenvalue weighted by molar-refractivity contribution is 1.15. The number of para-hydroxylation sites is 1. The van der Waals surface area contributed by atoms with Gasteiger partial charge in [-0.05, 0) is 30.2 Å². The van der Waals surface area contributed by atoms with Crippen LogP contribution in [0, 0.1) is 0 Å². The van der Waals surface area contributed by atoms with E-state index in [4.69, 9.17) is 10.7 Å². The molecule has 0 atom stereocenters. The third kappa shape index (κ3) is 1.62. The Morgan fingerprint density at radius 3 is 2.76 bits per heavy atom. The second-order valence-corrected chi connectivity index (χ2v) is 4.28. The van der Waals surface area contributed by atoms with Gasteiger partial charge in [-0.1, -0.05) is 31.2 Å². The molecule has 0 aliphatic rings. The fraction of sp³-hybridized carbons (Fsp3) is 0.133. The number of nitrogens with zero attached hydrogens (tertiary/aromatic N) is 1. The van der Waals surface area contributed by atoms with E-state index >= 15 is 0 Å². The number of anilines is 1. The van der Waals surface area contributed by atoms with Gasteiger partial charge >= 0.3 is 0 Å². The number of hydrogen-bond donors (Lipinski definition) is 1. The zero-order valence-corrected chi connectivity index (χ0v) is 9.77. The first-order chi connectivity index (χ1) is 8.28. The molecule has 3 aromatic rings. The Morgan fingerprint density at radius 2 is 1.94 bits per heavy atom. The van der Waals surface area contributed by atoms with E-state index in [-0.39, 0.29) is 0 Å². The van der Waals surface area contributed by atoms with E-state index in [1.807, 2.05) is 18.2 Å². The number of nitrogen functional groups attached to an aromatic ring is 1. The van der Waals surface area contributed by atoms with E-state index in [0.29, 0.717) is 0 Å². The maximum absolute atomic E-state index is 5.80. The molecule has 0 amide bonds. The van der Waals surface area contributed by atoms with Crippen molar-refractivity contribution in [1.29, 1.82) is 0 Å². The maximum atomic E-state index is 5.80. The second-order valence-electron chi connectivity index (χ2n) is 4.28.